The lowest BCUT2D eigenvalue weighted by Crippen LogP contribution is -1.83. The largest absolute Gasteiger partial charge is 0.507 e. The van der Waals surface area contributed by atoms with Crippen LogP contribution in [0.15, 0.2) is 36.4 Å². The number of hydrogen-bond acceptors (Lipinski definition) is 1. The van der Waals surface area contributed by atoms with Crippen molar-refractivity contribution in [3.63, 3.8) is 0 Å². The molecule has 0 aliphatic heterocycles. The van der Waals surface area contributed by atoms with Gasteiger partial charge in [0.05, 0.1) is 0 Å². The molecule has 0 saturated heterocycles. The Balaban J connectivity index is 2.67. The van der Waals surface area contributed by atoms with Crippen molar-refractivity contribution in [3.05, 3.63) is 42.0 Å². The molecule has 0 atom stereocenters. The van der Waals surface area contributed by atoms with Crippen LogP contribution in [0.2, 0.25) is 0 Å². The highest BCUT2D eigenvalue weighted by molar-refractivity contribution is 5.88. The average molecular weight is 194 g/mol. The summed E-state index contributed by atoms with van der Waals surface area (Å²) in [7, 11) is 0. The maximum atomic E-state index is 12.3. The quantitative estimate of drug-likeness (QED) is 0.736. The van der Waals surface area contributed by atoms with E-state index in [4.69, 9.17) is 0 Å². The molecule has 0 aliphatic carbocycles. The van der Waals surface area contributed by atoms with Gasteiger partial charge in [-0.25, -0.2) is 8.78 Å². The smallest absolute Gasteiger partial charge is 0.263 e. The van der Waals surface area contributed by atoms with E-state index in [-0.39, 0.29) is 11.3 Å². The molecule has 0 unspecified atom stereocenters. The first-order valence-electron chi connectivity index (χ1n) is 4.18. The minimum atomic E-state index is -2.47. The van der Waals surface area contributed by atoms with Gasteiger partial charge in [0.25, 0.3) is 6.43 Å². The van der Waals surface area contributed by atoms with Crippen molar-refractivity contribution in [1.29, 1.82) is 0 Å². The van der Waals surface area contributed by atoms with Crippen molar-refractivity contribution < 1.29 is 13.9 Å². The monoisotopic (exact) mass is 194 g/mol. The zero-order valence-electron chi connectivity index (χ0n) is 7.24. The Morgan fingerprint density at radius 3 is 2.57 bits per heavy atom. The summed E-state index contributed by atoms with van der Waals surface area (Å²) < 4.78 is 24.7. The Morgan fingerprint density at radius 1 is 1.07 bits per heavy atom. The Bertz CT molecular complexity index is 466. The van der Waals surface area contributed by atoms with Crippen LogP contribution in [0, 0.1) is 0 Å². The fraction of sp³-hybridized carbons (Fsp3) is 0.0909. The van der Waals surface area contributed by atoms with Gasteiger partial charge in [0.15, 0.2) is 0 Å². The fourth-order valence-electron chi connectivity index (χ4n) is 1.42. The van der Waals surface area contributed by atoms with Gasteiger partial charge in [0, 0.05) is 10.9 Å². The Morgan fingerprint density at radius 2 is 1.86 bits per heavy atom. The van der Waals surface area contributed by atoms with Gasteiger partial charge in [-0.2, -0.15) is 0 Å². The molecule has 0 aliphatic rings. The summed E-state index contributed by atoms with van der Waals surface area (Å²) in [6, 6.07) is 9.08. The van der Waals surface area contributed by atoms with E-state index in [0.717, 1.165) is 0 Å². The minimum Gasteiger partial charge on any atom is -0.507 e. The molecule has 0 aromatic heterocycles. The molecule has 0 amide bonds. The number of benzene rings is 2. The van der Waals surface area contributed by atoms with Gasteiger partial charge >= 0.3 is 0 Å². The summed E-state index contributed by atoms with van der Waals surface area (Å²) >= 11 is 0. The summed E-state index contributed by atoms with van der Waals surface area (Å²) in [5, 5.41) is 10.6. The molecule has 0 radical (unpaired) electrons. The molecule has 2 rings (SSSR count). The zero-order valence-corrected chi connectivity index (χ0v) is 7.24. The Hall–Kier alpha value is -1.64. The van der Waals surface area contributed by atoms with Crippen LogP contribution in [0.25, 0.3) is 10.8 Å². The van der Waals surface area contributed by atoms with Crippen LogP contribution in [-0.4, -0.2) is 5.11 Å². The number of alkyl halides is 2. The summed E-state index contributed by atoms with van der Waals surface area (Å²) in [5.74, 6) is 0.114. The molecule has 14 heavy (non-hydrogen) atoms. The predicted molar refractivity (Wildman–Crippen MR) is 50.6 cm³/mol. The van der Waals surface area contributed by atoms with E-state index in [2.05, 4.69) is 0 Å². The van der Waals surface area contributed by atoms with Gasteiger partial charge in [0.2, 0.25) is 0 Å². The van der Waals surface area contributed by atoms with Gasteiger partial charge in [-0.1, -0.05) is 24.3 Å². The van der Waals surface area contributed by atoms with E-state index >= 15 is 0 Å². The number of halogens is 2. The molecule has 0 saturated carbocycles. The maximum Gasteiger partial charge on any atom is 0.263 e. The number of rotatable bonds is 1. The number of hydrogen-bond donors (Lipinski definition) is 1. The lowest BCUT2D eigenvalue weighted by molar-refractivity contribution is 0.151. The summed E-state index contributed by atoms with van der Waals surface area (Å²) in [6.45, 7) is 0. The first-order valence-corrected chi connectivity index (χ1v) is 4.18. The Kier molecular flexibility index (Phi) is 2.08. The summed E-state index contributed by atoms with van der Waals surface area (Å²) in [4.78, 5) is 0. The van der Waals surface area contributed by atoms with E-state index < -0.39 is 6.43 Å². The molecule has 0 heterocycles. The topological polar surface area (TPSA) is 20.2 Å². The first-order chi connectivity index (χ1) is 6.68. The van der Waals surface area contributed by atoms with Crippen LogP contribution in [0.5, 0.6) is 5.75 Å². The van der Waals surface area contributed by atoms with Gasteiger partial charge < -0.3 is 5.11 Å². The first kappa shape index (κ1) is 8.94. The highest BCUT2D eigenvalue weighted by atomic mass is 19.3. The molecule has 1 N–H and O–H groups in total. The van der Waals surface area contributed by atoms with E-state index in [1.165, 1.54) is 24.3 Å². The van der Waals surface area contributed by atoms with Crippen LogP contribution in [0.4, 0.5) is 8.78 Å². The molecular formula is C11H8F2O. The van der Waals surface area contributed by atoms with Crippen LogP contribution >= 0.6 is 0 Å². The van der Waals surface area contributed by atoms with Crippen molar-refractivity contribution >= 4 is 10.8 Å². The van der Waals surface area contributed by atoms with Crippen LogP contribution in [0.1, 0.15) is 12.0 Å². The number of phenols is 1. The second-order valence-corrected chi connectivity index (χ2v) is 3.06. The molecule has 2 aromatic rings. The van der Waals surface area contributed by atoms with Gasteiger partial charge in [0.1, 0.15) is 5.75 Å². The van der Waals surface area contributed by atoms with Gasteiger partial charge in [-0.15, -0.1) is 0 Å². The van der Waals surface area contributed by atoms with E-state index in [1.54, 1.807) is 12.1 Å². The molecule has 1 nitrogen and oxygen atoms in total. The van der Waals surface area contributed by atoms with Crippen molar-refractivity contribution in [2.75, 3.05) is 0 Å². The summed E-state index contributed by atoms with van der Waals surface area (Å²) in [5.41, 5.74) is -0.0249. The maximum absolute atomic E-state index is 12.3. The average Bonchev–Trinajstić information content (AvgIpc) is 2.17. The standard InChI is InChI=1S/C11H8F2O/c12-11(13)8-4-5-9-7(6-8)2-1-3-10(9)14/h1-6,11,14H. The Labute approximate surface area is 79.6 Å². The number of aromatic hydroxyl groups is 1. The molecule has 72 valence electrons. The van der Waals surface area contributed by atoms with Crippen molar-refractivity contribution in [1.82, 2.24) is 0 Å². The minimum absolute atomic E-state index is 0.0249. The van der Waals surface area contributed by atoms with Crippen LogP contribution < -0.4 is 0 Å². The fourth-order valence-corrected chi connectivity index (χ4v) is 1.42. The second kappa shape index (κ2) is 3.25. The normalized spacial score (nSPS) is 11.1. The SMILES string of the molecule is Oc1cccc2cc(C(F)F)ccc12. The van der Waals surface area contributed by atoms with E-state index in [1.807, 2.05) is 0 Å². The molecule has 3 heteroatoms. The second-order valence-electron chi connectivity index (χ2n) is 3.06. The van der Waals surface area contributed by atoms with Crippen molar-refractivity contribution in [3.8, 4) is 5.75 Å². The van der Waals surface area contributed by atoms with Crippen molar-refractivity contribution in [2.45, 2.75) is 6.43 Å². The lowest BCUT2D eigenvalue weighted by atomic mass is 10.1. The van der Waals surface area contributed by atoms with Gasteiger partial charge in [-0.05, 0) is 17.5 Å². The molecule has 0 fully saturated rings. The third kappa shape index (κ3) is 1.41. The van der Waals surface area contributed by atoms with Crippen LogP contribution in [-0.2, 0) is 0 Å². The lowest BCUT2D eigenvalue weighted by Gasteiger charge is -2.03. The highest BCUT2D eigenvalue weighted by Crippen LogP contribution is 2.28. The number of fused-ring (bicyclic) bond motifs is 1. The molecule has 0 spiro atoms. The molecule has 0 bridgehead atoms. The highest BCUT2D eigenvalue weighted by Gasteiger charge is 2.07. The predicted octanol–water partition coefficient (Wildman–Crippen LogP) is 3.48. The van der Waals surface area contributed by atoms with E-state index in [0.29, 0.717) is 10.8 Å². The van der Waals surface area contributed by atoms with Gasteiger partial charge in [-0.3, -0.25) is 0 Å². The summed E-state index contributed by atoms with van der Waals surface area (Å²) in [6.07, 6.45) is -2.47. The number of phenolic OH excluding ortho intramolecular Hbond substituents is 1. The molecule has 2 aromatic carbocycles. The van der Waals surface area contributed by atoms with Crippen molar-refractivity contribution in [2.24, 2.45) is 0 Å². The molecular weight excluding hydrogens is 186 g/mol. The van der Waals surface area contributed by atoms with Crippen LogP contribution in [0.3, 0.4) is 0 Å². The third-order valence-corrected chi connectivity index (χ3v) is 2.13. The third-order valence-electron chi connectivity index (χ3n) is 2.13. The zero-order chi connectivity index (χ0) is 10.1. The van der Waals surface area contributed by atoms with E-state index in [9.17, 15) is 13.9 Å².